The lowest BCUT2D eigenvalue weighted by Crippen LogP contribution is -2.25. The molecule has 112 valence electrons. The average molecular weight is 287 g/mol. The zero-order valence-electron chi connectivity index (χ0n) is 12.7. The van der Waals surface area contributed by atoms with E-state index < -0.39 is 0 Å². The van der Waals surface area contributed by atoms with Crippen molar-refractivity contribution in [3.8, 4) is 5.75 Å². The maximum atomic E-state index is 12.0. The first-order valence-corrected chi connectivity index (χ1v) is 7.06. The Bertz CT molecular complexity index is 647. The van der Waals surface area contributed by atoms with E-state index in [2.05, 4.69) is 10.4 Å². The van der Waals surface area contributed by atoms with Gasteiger partial charge >= 0.3 is 0 Å². The van der Waals surface area contributed by atoms with Crippen molar-refractivity contribution in [2.45, 2.75) is 33.7 Å². The Labute approximate surface area is 124 Å². The number of amides is 1. The van der Waals surface area contributed by atoms with E-state index in [-0.39, 0.29) is 11.7 Å². The van der Waals surface area contributed by atoms with Crippen molar-refractivity contribution in [2.75, 3.05) is 6.54 Å². The highest BCUT2D eigenvalue weighted by atomic mass is 16.3. The number of carbonyl (C=O) groups excluding carboxylic acids is 1. The maximum Gasteiger partial charge on any atom is 0.251 e. The molecule has 5 heteroatoms. The minimum atomic E-state index is -0.119. The first kappa shape index (κ1) is 15.1. The van der Waals surface area contributed by atoms with Crippen LogP contribution in [0.25, 0.3) is 0 Å². The number of hydrogen-bond donors (Lipinski definition) is 2. The van der Waals surface area contributed by atoms with E-state index in [4.69, 9.17) is 0 Å². The number of benzene rings is 1. The van der Waals surface area contributed by atoms with Gasteiger partial charge in [0.25, 0.3) is 5.91 Å². The lowest BCUT2D eigenvalue weighted by atomic mass is 10.1. The third-order valence-corrected chi connectivity index (χ3v) is 3.39. The molecule has 0 saturated heterocycles. The fourth-order valence-electron chi connectivity index (χ4n) is 2.23. The van der Waals surface area contributed by atoms with E-state index in [0.29, 0.717) is 17.7 Å². The van der Waals surface area contributed by atoms with Gasteiger partial charge < -0.3 is 10.4 Å². The predicted molar refractivity (Wildman–Crippen MR) is 81.5 cm³/mol. The number of nitrogens with one attached hydrogen (secondary N) is 1. The molecule has 0 aliphatic carbocycles. The lowest BCUT2D eigenvalue weighted by Gasteiger charge is -2.08. The molecule has 0 fully saturated rings. The summed E-state index contributed by atoms with van der Waals surface area (Å²) >= 11 is 0. The molecule has 2 rings (SSSR count). The van der Waals surface area contributed by atoms with Gasteiger partial charge in [-0.1, -0.05) is 0 Å². The van der Waals surface area contributed by atoms with Crippen molar-refractivity contribution in [1.29, 1.82) is 0 Å². The van der Waals surface area contributed by atoms with Crippen LogP contribution in [-0.4, -0.2) is 27.3 Å². The monoisotopic (exact) mass is 287 g/mol. The van der Waals surface area contributed by atoms with E-state index in [1.165, 1.54) is 0 Å². The highest BCUT2D eigenvalue weighted by Gasteiger charge is 2.07. The van der Waals surface area contributed by atoms with Gasteiger partial charge in [-0.05, 0) is 57.0 Å². The fraction of sp³-hybridized carbons (Fsp3) is 0.375. The Kier molecular flexibility index (Phi) is 4.62. The third-order valence-electron chi connectivity index (χ3n) is 3.39. The number of aryl methyl sites for hydroxylation is 4. The van der Waals surface area contributed by atoms with Crippen molar-refractivity contribution in [1.82, 2.24) is 15.1 Å². The van der Waals surface area contributed by atoms with Gasteiger partial charge in [-0.15, -0.1) is 0 Å². The summed E-state index contributed by atoms with van der Waals surface area (Å²) in [5.74, 6) is 0.0857. The van der Waals surface area contributed by atoms with E-state index in [0.717, 1.165) is 24.4 Å². The van der Waals surface area contributed by atoms with E-state index in [9.17, 15) is 9.90 Å². The molecule has 0 unspecified atom stereocenters. The number of aromatic hydroxyl groups is 1. The number of phenolic OH excluding ortho intramolecular Hbond substituents is 1. The summed E-state index contributed by atoms with van der Waals surface area (Å²) in [7, 11) is 0. The highest BCUT2D eigenvalue weighted by molar-refractivity contribution is 5.94. The summed E-state index contributed by atoms with van der Waals surface area (Å²) < 4.78 is 1.95. The maximum absolute atomic E-state index is 12.0. The minimum absolute atomic E-state index is 0.119. The van der Waals surface area contributed by atoms with Gasteiger partial charge in [0.15, 0.2) is 0 Å². The number of rotatable bonds is 5. The summed E-state index contributed by atoms with van der Waals surface area (Å²) in [5.41, 5.74) is 3.41. The molecule has 5 nitrogen and oxygen atoms in total. The van der Waals surface area contributed by atoms with Gasteiger partial charge in [-0.3, -0.25) is 9.48 Å². The van der Waals surface area contributed by atoms with Gasteiger partial charge in [-0.2, -0.15) is 5.10 Å². The molecule has 2 aromatic rings. The van der Waals surface area contributed by atoms with Crippen molar-refractivity contribution >= 4 is 5.91 Å². The number of hydrogen-bond acceptors (Lipinski definition) is 3. The Morgan fingerprint density at radius 1 is 1.29 bits per heavy atom. The Hall–Kier alpha value is -2.30. The topological polar surface area (TPSA) is 67.2 Å². The van der Waals surface area contributed by atoms with Gasteiger partial charge in [0.05, 0.1) is 5.69 Å². The molecule has 0 spiro atoms. The van der Waals surface area contributed by atoms with Crippen LogP contribution in [0.2, 0.25) is 0 Å². The van der Waals surface area contributed by atoms with E-state index >= 15 is 0 Å². The molecule has 0 bridgehead atoms. The van der Waals surface area contributed by atoms with Gasteiger partial charge in [-0.25, -0.2) is 0 Å². The summed E-state index contributed by atoms with van der Waals surface area (Å²) in [6.45, 7) is 7.15. The molecule has 2 N–H and O–H groups in total. The molecule has 1 aromatic heterocycles. The van der Waals surface area contributed by atoms with Crippen LogP contribution in [0.1, 0.15) is 33.7 Å². The molecule has 0 saturated carbocycles. The van der Waals surface area contributed by atoms with Crippen LogP contribution >= 0.6 is 0 Å². The minimum Gasteiger partial charge on any atom is -0.508 e. The average Bonchev–Trinajstić information content (AvgIpc) is 2.76. The molecule has 0 aliphatic heterocycles. The molecule has 21 heavy (non-hydrogen) atoms. The van der Waals surface area contributed by atoms with Gasteiger partial charge in [0.1, 0.15) is 5.75 Å². The zero-order chi connectivity index (χ0) is 15.4. The molecule has 0 atom stereocenters. The summed E-state index contributed by atoms with van der Waals surface area (Å²) in [4.78, 5) is 12.0. The smallest absolute Gasteiger partial charge is 0.251 e. The summed E-state index contributed by atoms with van der Waals surface area (Å²) in [6.07, 6.45) is 0.824. The van der Waals surface area contributed by atoms with Crippen LogP contribution in [0.15, 0.2) is 24.3 Å². The van der Waals surface area contributed by atoms with Crippen LogP contribution in [0.3, 0.4) is 0 Å². The first-order chi connectivity index (χ1) is 9.97. The quantitative estimate of drug-likeness (QED) is 0.829. The standard InChI is InChI=1S/C16H21N3O2/c1-11-9-14(5-6-15(11)20)16(21)17-7-4-8-19-13(3)10-12(2)18-19/h5-6,9-10,20H,4,7-8H2,1-3H3,(H,17,21). The Morgan fingerprint density at radius 2 is 2.05 bits per heavy atom. The molecular weight excluding hydrogens is 266 g/mol. The number of carbonyl (C=O) groups is 1. The predicted octanol–water partition coefficient (Wildman–Crippen LogP) is 2.33. The second-order valence-corrected chi connectivity index (χ2v) is 5.26. The third kappa shape index (κ3) is 3.84. The number of phenols is 1. The molecular formula is C16H21N3O2. The Balaban J connectivity index is 1.81. The highest BCUT2D eigenvalue weighted by Crippen LogP contribution is 2.16. The summed E-state index contributed by atoms with van der Waals surface area (Å²) in [6, 6.07) is 6.89. The molecule has 1 heterocycles. The zero-order valence-corrected chi connectivity index (χ0v) is 12.7. The van der Waals surface area contributed by atoms with Crippen LogP contribution in [0, 0.1) is 20.8 Å². The van der Waals surface area contributed by atoms with Gasteiger partial charge in [0, 0.05) is 24.3 Å². The number of nitrogens with zero attached hydrogens (tertiary/aromatic N) is 2. The van der Waals surface area contributed by atoms with Gasteiger partial charge in [0.2, 0.25) is 0 Å². The van der Waals surface area contributed by atoms with Crippen LogP contribution in [-0.2, 0) is 6.54 Å². The molecule has 1 amide bonds. The van der Waals surface area contributed by atoms with Crippen molar-refractivity contribution in [2.24, 2.45) is 0 Å². The van der Waals surface area contributed by atoms with E-state index in [1.54, 1.807) is 25.1 Å². The molecule has 0 radical (unpaired) electrons. The fourth-order valence-corrected chi connectivity index (χ4v) is 2.23. The van der Waals surface area contributed by atoms with Crippen LogP contribution < -0.4 is 5.32 Å². The van der Waals surface area contributed by atoms with E-state index in [1.807, 2.05) is 24.6 Å². The normalized spacial score (nSPS) is 10.6. The lowest BCUT2D eigenvalue weighted by molar-refractivity contribution is 0.0952. The second-order valence-electron chi connectivity index (χ2n) is 5.26. The second kappa shape index (κ2) is 6.43. The van der Waals surface area contributed by atoms with Crippen LogP contribution in [0.5, 0.6) is 5.75 Å². The summed E-state index contributed by atoms with van der Waals surface area (Å²) in [5, 5.41) is 16.7. The SMILES string of the molecule is Cc1cc(C)n(CCCNC(=O)c2ccc(O)c(C)c2)n1. The number of aromatic nitrogens is 2. The largest absolute Gasteiger partial charge is 0.508 e. The van der Waals surface area contributed by atoms with Crippen molar-refractivity contribution in [3.05, 3.63) is 46.8 Å². The van der Waals surface area contributed by atoms with Crippen molar-refractivity contribution in [3.63, 3.8) is 0 Å². The van der Waals surface area contributed by atoms with Crippen molar-refractivity contribution < 1.29 is 9.90 Å². The Morgan fingerprint density at radius 3 is 2.67 bits per heavy atom. The molecule has 0 aliphatic rings. The first-order valence-electron chi connectivity index (χ1n) is 7.06. The van der Waals surface area contributed by atoms with Crippen LogP contribution in [0.4, 0.5) is 0 Å². The molecule has 1 aromatic carbocycles.